The lowest BCUT2D eigenvalue weighted by molar-refractivity contribution is -0.141. The van der Waals surface area contributed by atoms with Crippen LogP contribution in [-0.4, -0.2) is 62.1 Å². The van der Waals surface area contributed by atoms with Crippen molar-refractivity contribution in [3.63, 3.8) is 0 Å². The maximum absolute atomic E-state index is 12.7. The van der Waals surface area contributed by atoms with Gasteiger partial charge in [0.1, 0.15) is 6.04 Å². The fourth-order valence-corrected chi connectivity index (χ4v) is 3.94. The molecule has 2 aliphatic heterocycles. The van der Waals surface area contributed by atoms with Crippen LogP contribution in [-0.2, 0) is 14.3 Å². The molecule has 0 aromatic carbocycles. The van der Waals surface area contributed by atoms with E-state index in [1.165, 1.54) is 0 Å². The summed E-state index contributed by atoms with van der Waals surface area (Å²) in [6.45, 7) is 8.42. The highest BCUT2D eigenvalue weighted by Crippen LogP contribution is 2.58. The number of hydrogen-bond acceptors (Lipinski definition) is 4. The largest absolute Gasteiger partial charge is 0.378 e. The number of morpholine rings is 1. The van der Waals surface area contributed by atoms with Gasteiger partial charge in [0.05, 0.1) is 13.2 Å². The van der Waals surface area contributed by atoms with E-state index in [1.54, 1.807) is 0 Å². The predicted molar refractivity (Wildman–Crippen MR) is 94.1 cm³/mol. The van der Waals surface area contributed by atoms with Crippen LogP contribution < -0.4 is 10.6 Å². The first-order chi connectivity index (χ1) is 11.0. The summed E-state index contributed by atoms with van der Waals surface area (Å²) in [6, 6.07) is -0.417. The quantitative estimate of drug-likeness (QED) is 0.779. The van der Waals surface area contributed by atoms with Crippen LogP contribution in [0.4, 0.5) is 0 Å². The Bertz CT molecular complexity index is 460. The molecule has 138 valence electrons. The summed E-state index contributed by atoms with van der Waals surface area (Å²) >= 11 is 0. The lowest BCUT2D eigenvalue weighted by Crippen LogP contribution is -2.54. The van der Waals surface area contributed by atoms with Gasteiger partial charge in [0.2, 0.25) is 11.8 Å². The van der Waals surface area contributed by atoms with E-state index >= 15 is 0 Å². The molecule has 1 saturated carbocycles. The van der Waals surface area contributed by atoms with Crippen molar-refractivity contribution in [1.29, 1.82) is 0 Å². The molecule has 24 heavy (non-hydrogen) atoms. The van der Waals surface area contributed by atoms with Crippen molar-refractivity contribution >= 4 is 24.2 Å². The van der Waals surface area contributed by atoms with Crippen LogP contribution in [0.2, 0.25) is 0 Å². The smallest absolute Gasteiger partial charge is 0.245 e. The van der Waals surface area contributed by atoms with Crippen molar-refractivity contribution in [3.8, 4) is 0 Å². The summed E-state index contributed by atoms with van der Waals surface area (Å²) in [5.41, 5.74) is 0.207. The number of piperidine rings is 1. The van der Waals surface area contributed by atoms with Gasteiger partial charge in [-0.3, -0.25) is 9.59 Å². The molecular weight excluding hydrogens is 330 g/mol. The molecule has 0 aromatic rings. The Balaban J connectivity index is 0.00000208. The third-order valence-corrected chi connectivity index (χ3v) is 5.66. The molecule has 0 aromatic heterocycles. The summed E-state index contributed by atoms with van der Waals surface area (Å²) in [5.74, 6) is 0.309. The van der Waals surface area contributed by atoms with Gasteiger partial charge in [-0.1, -0.05) is 13.8 Å². The Morgan fingerprint density at radius 1 is 1.21 bits per heavy atom. The zero-order valence-electron chi connectivity index (χ0n) is 14.7. The number of nitrogens with one attached hydrogen (secondary N) is 2. The van der Waals surface area contributed by atoms with Crippen LogP contribution in [0.25, 0.3) is 0 Å². The second kappa shape index (κ2) is 8.02. The van der Waals surface area contributed by atoms with Crippen molar-refractivity contribution < 1.29 is 14.3 Å². The van der Waals surface area contributed by atoms with E-state index in [0.29, 0.717) is 26.3 Å². The molecule has 2 N–H and O–H groups in total. The molecule has 2 saturated heterocycles. The lowest BCUT2D eigenvalue weighted by atomic mass is 9.91. The second-order valence-corrected chi connectivity index (χ2v) is 7.54. The van der Waals surface area contributed by atoms with E-state index in [4.69, 9.17) is 4.74 Å². The highest BCUT2D eigenvalue weighted by Gasteiger charge is 2.58. The maximum atomic E-state index is 12.7. The Hall–Kier alpha value is -0.850. The van der Waals surface area contributed by atoms with Crippen LogP contribution in [0.1, 0.15) is 33.1 Å². The lowest BCUT2D eigenvalue weighted by Gasteiger charge is -2.32. The van der Waals surface area contributed by atoms with Crippen molar-refractivity contribution in [2.75, 3.05) is 39.4 Å². The third-order valence-electron chi connectivity index (χ3n) is 5.66. The Kier molecular flexibility index (Phi) is 6.51. The molecule has 3 rings (SSSR count). The molecule has 2 atom stereocenters. The van der Waals surface area contributed by atoms with Crippen molar-refractivity contribution in [1.82, 2.24) is 15.5 Å². The first kappa shape index (κ1) is 19.5. The van der Waals surface area contributed by atoms with E-state index in [2.05, 4.69) is 10.6 Å². The summed E-state index contributed by atoms with van der Waals surface area (Å²) in [5, 5.41) is 6.41. The molecular formula is C17H30ClN3O3. The number of carbonyl (C=O) groups excluding carboxylic acids is 2. The van der Waals surface area contributed by atoms with E-state index in [-0.39, 0.29) is 41.5 Å². The summed E-state index contributed by atoms with van der Waals surface area (Å²) < 4.78 is 5.31. The van der Waals surface area contributed by atoms with Gasteiger partial charge in [-0.15, -0.1) is 12.4 Å². The third kappa shape index (κ3) is 4.03. The average molecular weight is 360 g/mol. The fourth-order valence-electron chi connectivity index (χ4n) is 3.94. The van der Waals surface area contributed by atoms with Crippen LogP contribution >= 0.6 is 12.4 Å². The average Bonchev–Trinajstić information content (AvgIpc) is 3.26. The first-order valence-corrected chi connectivity index (χ1v) is 8.91. The van der Waals surface area contributed by atoms with Gasteiger partial charge in [0, 0.05) is 19.0 Å². The number of ether oxygens (including phenoxy) is 1. The topological polar surface area (TPSA) is 70.7 Å². The number of hydrogen-bond donors (Lipinski definition) is 2. The maximum Gasteiger partial charge on any atom is 0.245 e. The highest BCUT2D eigenvalue weighted by atomic mass is 35.5. The van der Waals surface area contributed by atoms with Gasteiger partial charge in [-0.2, -0.15) is 0 Å². The molecule has 7 heteroatoms. The Labute approximate surface area is 150 Å². The Morgan fingerprint density at radius 2 is 1.83 bits per heavy atom. The number of rotatable bonds is 4. The van der Waals surface area contributed by atoms with Crippen molar-refractivity contribution in [2.24, 2.45) is 17.3 Å². The monoisotopic (exact) mass is 359 g/mol. The summed E-state index contributed by atoms with van der Waals surface area (Å²) in [7, 11) is 0. The predicted octanol–water partition coefficient (Wildman–Crippen LogP) is 0.798. The molecule has 0 radical (unpaired) electrons. The van der Waals surface area contributed by atoms with Gasteiger partial charge in [-0.05, 0) is 43.7 Å². The van der Waals surface area contributed by atoms with E-state index < -0.39 is 6.04 Å². The van der Waals surface area contributed by atoms with Gasteiger partial charge in [-0.25, -0.2) is 0 Å². The zero-order valence-corrected chi connectivity index (χ0v) is 15.5. The van der Waals surface area contributed by atoms with E-state index in [0.717, 1.165) is 32.4 Å². The van der Waals surface area contributed by atoms with Gasteiger partial charge >= 0.3 is 0 Å². The van der Waals surface area contributed by atoms with E-state index in [9.17, 15) is 9.59 Å². The number of halogens is 1. The zero-order chi connectivity index (χ0) is 16.4. The molecule has 1 spiro atoms. The van der Waals surface area contributed by atoms with Crippen molar-refractivity contribution in [2.45, 2.75) is 39.2 Å². The molecule has 2 heterocycles. The molecule has 6 nitrogen and oxygen atoms in total. The van der Waals surface area contributed by atoms with Crippen LogP contribution in [0.15, 0.2) is 0 Å². The standard InChI is InChI=1S/C17H29N3O3.ClH/c1-12(2)14(16(22)20-7-9-23-10-8-20)19-15(21)13-11-17(13)3-5-18-6-4-17;/h12-14,18H,3-11H2,1-2H3,(H,19,21);1H. The molecule has 2 unspecified atom stereocenters. The van der Waals surface area contributed by atoms with Gasteiger partial charge in [0.15, 0.2) is 0 Å². The van der Waals surface area contributed by atoms with Gasteiger partial charge in [0.25, 0.3) is 0 Å². The molecule has 3 aliphatic rings. The highest BCUT2D eigenvalue weighted by molar-refractivity contribution is 5.90. The van der Waals surface area contributed by atoms with Crippen LogP contribution in [0.5, 0.6) is 0 Å². The Morgan fingerprint density at radius 3 is 2.42 bits per heavy atom. The molecule has 1 aliphatic carbocycles. The van der Waals surface area contributed by atoms with Gasteiger partial charge < -0.3 is 20.3 Å². The fraction of sp³-hybridized carbons (Fsp3) is 0.882. The minimum atomic E-state index is -0.417. The SMILES string of the molecule is CC(C)C(NC(=O)C1CC12CCNCC2)C(=O)N1CCOCC1.Cl. The van der Waals surface area contributed by atoms with Crippen molar-refractivity contribution in [3.05, 3.63) is 0 Å². The number of amides is 2. The molecule has 2 amide bonds. The number of nitrogens with zero attached hydrogens (tertiary/aromatic N) is 1. The summed E-state index contributed by atoms with van der Waals surface area (Å²) in [4.78, 5) is 27.2. The second-order valence-electron chi connectivity index (χ2n) is 7.54. The first-order valence-electron chi connectivity index (χ1n) is 8.91. The normalized spacial score (nSPS) is 26.6. The minimum Gasteiger partial charge on any atom is -0.378 e. The van der Waals surface area contributed by atoms with E-state index in [1.807, 2.05) is 18.7 Å². The minimum absolute atomic E-state index is 0. The van der Waals surface area contributed by atoms with Crippen LogP contribution in [0, 0.1) is 17.3 Å². The molecule has 0 bridgehead atoms. The summed E-state index contributed by atoms with van der Waals surface area (Å²) in [6.07, 6.45) is 3.14. The number of carbonyl (C=O) groups is 2. The molecule has 3 fully saturated rings. The van der Waals surface area contributed by atoms with Crippen LogP contribution in [0.3, 0.4) is 0 Å².